The number of benzene rings is 2. The molecule has 2 aromatic carbocycles. The smallest absolute Gasteiger partial charge is 0.255 e. The summed E-state index contributed by atoms with van der Waals surface area (Å²) in [4.78, 5) is 12.2. The number of nitrogens with one attached hydrogen (secondary N) is 2. The van der Waals surface area contributed by atoms with Crippen LogP contribution in [0.15, 0.2) is 47.4 Å². The van der Waals surface area contributed by atoms with Gasteiger partial charge in [-0.3, -0.25) is 4.79 Å². The summed E-state index contributed by atoms with van der Waals surface area (Å²) in [7, 11) is -3.64. The van der Waals surface area contributed by atoms with Gasteiger partial charge in [0.2, 0.25) is 10.0 Å². The molecule has 8 heteroatoms. The highest BCUT2D eigenvalue weighted by Gasteiger charge is 2.23. The zero-order valence-electron chi connectivity index (χ0n) is 13.8. The van der Waals surface area contributed by atoms with Crippen LogP contribution < -0.4 is 10.0 Å². The fourth-order valence-corrected chi connectivity index (χ4v) is 4.21. The van der Waals surface area contributed by atoms with Crippen molar-refractivity contribution >= 4 is 21.6 Å². The van der Waals surface area contributed by atoms with Crippen molar-refractivity contribution in [2.75, 3.05) is 5.32 Å². The number of anilines is 1. The molecular weight excluding hydrogens is 362 g/mol. The predicted octanol–water partition coefficient (Wildman–Crippen LogP) is 3.44. The second-order valence-corrected chi connectivity index (χ2v) is 7.92. The molecule has 3 rings (SSSR count). The summed E-state index contributed by atoms with van der Waals surface area (Å²) in [6.45, 7) is 0. The maximum atomic E-state index is 13.6. The minimum Gasteiger partial charge on any atom is -0.319 e. The number of halogens is 2. The molecule has 1 aliphatic rings. The second-order valence-electron chi connectivity index (χ2n) is 6.21. The fraction of sp³-hybridized carbons (Fsp3) is 0.278. The molecule has 0 aliphatic heterocycles. The van der Waals surface area contributed by atoms with Crippen molar-refractivity contribution in [2.45, 2.75) is 36.6 Å². The lowest BCUT2D eigenvalue weighted by Crippen LogP contribution is -2.32. The molecule has 0 saturated heterocycles. The van der Waals surface area contributed by atoms with Crippen LogP contribution in [0.3, 0.4) is 0 Å². The summed E-state index contributed by atoms with van der Waals surface area (Å²) in [6.07, 6.45) is 3.66. The first-order chi connectivity index (χ1) is 12.3. The normalized spacial score (nSPS) is 15.2. The third kappa shape index (κ3) is 4.25. The Balaban J connectivity index is 1.71. The monoisotopic (exact) mass is 380 g/mol. The van der Waals surface area contributed by atoms with E-state index in [2.05, 4.69) is 10.0 Å². The molecule has 0 bridgehead atoms. The summed E-state index contributed by atoms with van der Waals surface area (Å²) in [5.74, 6) is -2.26. The molecule has 1 aliphatic carbocycles. The SMILES string of the molecule is O=C(Nc1ccc(F)cc1F)c1ccc(S(=O)(=O)NC2CCCC2)cc1. The van der Waals surface area contributed by atoms with Crippen LogP contribution in [0.5, 0.6) is 0 Å². The molecule has 1 fully saturated rings. The first kappa shape index (κ1) is 18.5. The van der Waals surface area contributed by atoms with Gasteiger partial charge in [-0.15, -0.1) is 0 Å². The molecule has 0 aromatic heterocycles. The third-order valence-electron chi connectivity index (χ3n) is 4.28. The standard InChI is InChI=1S/C18H18F2N2O3S/c19-13-7-10-17(16(20)11-13)21-18(23)12-5-8-15(9-6-12)26(24,25)22-14-3-1-2-4-14/h5-11,14,22H,1-4H2,(H,21,23). The van der Waals surface area contributed by atoms with Crippen LogP contribution in [0.1, 0.15) is 36.0 Å². The van der Waals surface area contributed by atoms with Crippen molar-refractivity contribution in [1.29, 1.82) is 0 Å². The highest BCUT2D eigenvalue weighted by Crippen LogP contribution is 2.21. The molecule has 2 N–H and O–H groups in total. The summed E-state index contributed by atoms with van der Waals surface area (Å²) in [5, 5.41) is 2.32. The Hall–Kier alpha value is -2.32. The molecule has 0 spiro atoms. The van der Waals surface area contributed by atoms with Crippen LogP contribution in [0, 0.1) is 11.6 Å². The van der Waals surface area contributed by atoms with Gasteiger partial charge in [0.1, 0.15) is 11.6 Å². The zero-order chi connectivity index (χ0) is 18.7. The average Bonchev–Trinajstić information content (AvgIpc) is 3.09. The Bertz CT molecular complexity index is 909. The van der Waals surface area contributed by atoms with E-state index in [4.69, 9.17) is 0 Å². The summed E-state index contributed by atoms with van der Waals surface area (Å²) in [6, 6.07) is 8.11. The highest BCUT2D eigenvalue weighted by molar-refractivity contribution is 7.89. The van der Waals surface area contributed by atoms with E-state index in [1.54, 1.807) is 0 Å². The Kier molecular flexibility index (Phi) is 5.33. The number of hydrogen-bond acceptors (Lipinski definition) is 3. The molecule has 0 radical (unpaired) electrons. The van der Waals surface area contributed by atoms with Crippen LogP contribution in [0.2, 0.25) is 0 Å². The fourth-order valence-electron chi connectivity index (χ4n) is 2.90. The van der Waals surface area contributed by atoms with Crippen molar-refractivity contribution in [1.82, 2.24) is 4.72 Å². The van der Waals surface area contributed by atoms with Crippen LogP contribution in [0.4, 0.5) is 14.5 Å². The lowest BCUT2D eigenvalue weighted by atomic mass is 10.2. The molecule has 0 heterocycles. The lowest BCUT2D eigenvalue weighted by molar-refractivity contribution is 0.102. The van der Waals surface area contributed by atoms with Gasteiger partial charge in [0.15, 0.2) is 0 Å². The first-order valence-electron chi connectivity index (χ1n) is 8.24. The van der Waals surface area contributed by atoms with E-state index in [9.17, 15) is 22.0 Å². The average molecular weight is 380 g/mol. The van der Waals surface area contributed by atoms with E-state index >= 15 is 0 Å². The summed E-state index contributed by atoms with van der Waals surface area (Å²) >= 11 is 0. The van der Waals surface area contributed by atoms with Gasteiger partial charge >= 0.3 is 0 Å². The molecule has 138 valence electrons. The molecule has 1 saturated carbocycles. The van der Waals surface area contributed by atoms with E-state index in [-0.39, 0.29) is 22.2 Å². The molecule has 0 atom stereocenters. The van der Waals surface area contributed by atoms with Gasteiger partial charge in [0.05, 0.1) is 10.6 Å². The van der Waals surface area contributed by atoms with Gasteiger partial charge in [-0.25, -0.2) is 21.9 Å². The Morgan fingerprint density at radius 2 is 1.65 bits per heavy atom. The van der Waals surface area contributed by atoms with E-state index < -0.39 is 27.6 Å². The summed E-state index contributed by atoms with van der Waals surface area (Å²) in [5.41, 5.74) is 0.00420. The van der Waals surface area contributed by atoms with Gasteiger partial charge in [0, 0.05) is 17.7 Å². The van der Waals surface area contributed by atoms with Crippen molar-refractivity contribution in [2.24, 2.45) is 0 Å². The van der Waals surface area contributed by atoms with Gasteiger partial charge in [-0.05, 0) is 49.2 Å². The van der Waals surface area contributed by atoms with E-state index in [1.165, 1.54) is 24.3 Å². The Labute approximate surface area is 150 Å². The molecular formula is C18H18F2N2O3S. The third-order valence-corrected chi connectivity index (χ3v) is 5.82. The molecule has 5 nitrogen and oxygen atoms in total. The minimum atomic E-state index is -3.64. The minimum absolute atomic E-state index is 0.0515. The number of amides is 1. The van der Waals surface area contributed by atoms with E-state index in [0.717, 1.165) is 37.8 Å². The van der Waals surface area contributed by atoms with Crippen LogP contribution in [-0.2, 0) is 10.0 Å². The van der Waals surface area contributed by atoms with Gasteiger partial charge in [-0.1, -0.05) is 12.8 Å². The molecule has 26 heavy (non-hydrogen) atoms. The van der Waals surface area contributed by atoms with Crippen LogP contribution >= 0.6 is 0 Å². The number of sulfonamides is 1. The molecule has 1 amide bonds. The maximum Gasteiger partial charge on any atom is 0.255 e. The van der Waals surface area contributed by atoms with E-state index in [1.807, 2.05) is 0 Å². The lowest BCUT2D eigenvalue weighted by Gasteiger charge is -2.13. The van der Waals surface area contributed by atoms with Crippen molar-refractivity contribution in [3.05, 3.63) is 59.7 Å². The maximum absolute atomic E-state index is 13.6. The second kappa shape index (κ2) is 7.51. The largest absolute Gasteiger partial charge is 0.319 e. The van der Waals surface area contributed by atoms with Crippen molar-refractivity contribution in [3.63, 3.8) is 0 Å². The van der Waals surface area contributed by atoms with Crippen LogP contribution in [-0.4, -0.2) is 20.4 Å². The van der Waals surface area contributed by atoms with Gasteiger partial charge < -0.3 is 5.32 Å². The Morgan fingerprint density at radius 1 is 1.00 bits per heavy atom. The number of hydrogen-bond donors (Lipinski definition) is 2. The summed E-state index contributed by atoms with van der Waals surface area (Å²) < 4.78 is 53.8. The number of carbonyl (C=O) groups excluding carboxylic acids is 1. The predicted molar refractivity (Wildman–Crippen MR) is 93.3 cm³/mol. The highest BCUT2D eigenvalue weighted by atomic mass is 32.2. The zero-order valence-corrected chi connectivity index (χ0v) is 14.7. The first-order valence-corrected chi connectivity index (χ1v) is 9.72. The molecule has 0 unspecified atom stereocenters. The van der Waals surface area contributed by atoms with Crippen molar-refractivity contribution in [3.8, 4) is 0 Å². The topological polar surface area (TPSA) is 75.3 Å². The number of carbonyl (C=O) groups is 1. The molecule has 2 aromatic rings. The van der Waals surface area contributed by atoms with E-state index in [0.29, 0.717) is 6.07 Å². The Morgan fingerprint density at radius 3 is 2.27 bits per heavy atom. The quantitative estimate of drug-likeness (QED) is 0.834. The van der Waals surface area contributed by atoms with Crippen LogP contribution in [0.25, 0.3) is 0 Å². The van der Waals surface area contributed by atoms with Crippen molar-refractivity contribution < 1.29 is 22.0 Å². The number of rotatable bonds is 5. The van der Waals surface area contributed by atoms with Gasteiger partial charge in [-0.2, -0.15) is 0 Å². The van der Waals surface area contributed by atoms with Gasteiger partial charge in [0.25, 0.3) is 5.91 Å².